The van der Waals surface area contributed by atoms with Crippen LogP contribution in [0.4, 0.5) is 4.39 Å². The van der Waals surface area contributed by atoms with Crippen LogP contribution in [0.1, 0.15) is 34.6 Å². The lowest BCUT2D eigenvalue weighted by Crippen LogP contribution is -2.53. The van der Waals surface area contributed by atoms with Gasteiger partial charge in [-0.3, -0.25) is 4.79 Å². The largest absolute Gasteiger partial charge is 0.367 e. The quantitative estimate of drug-likeness (QED) is 0.684. The Morgan fingerprint density at radius 3 is 1.67 bits per heavy atom. The summed E-state index contributed by atoms with van der Waals surface area (Å²) in [6.45, 7) is 8.36. The molecule has 0 radical (unpaired) electrons. The van der Waals surface area contributed by atoms with E-state index in [4.69, 9.17) is 5.73 Å². The van der Waals surface area contributed by atoms with Crippen molar-refractivity contribution in [2.24, 2.45) is 17.1 Å². The van der Waals surface area contributed by atoms with Crippen molar-refractivity contribution in [2.45, 2.75) is 40.3 Å². The molecule has 12 heavy (non-hydrogen) atoms. The lowest BCUT2D eigenvalue weighted by atomic mass is 9.71. The Morgan fingerprint density at radius 2 is 1.67 bits per heavy atom. The molecule has 1 amide bonds. The number of amides is 1. The van der Waals surface area contributed by atoms with Gasteiger partial charge in [-0.1, -0.05) is 34.6 Å². The average molecular weight is 175 g/mol. The number of carbonyl (C=O) groups is 1. The van der Waals surface area contributed by atoms with Crippen LogP contribution in [0.15, 0.2) is 0 Å². The fourth-order valence-corrected chi connectivity index (χ4v) is 1.52. The Balaban J connectivity index is 5.02. The van der Waals surface area contributed by atoms with E-state index in [0.717, 1.165) is 0 Å². The lowest BCUT2D eigenvalue weighted by Gasteiger charge is -2.38. The second-order valence-corrected chi connectivity index (χ2v) is 4.48. The van der Waals surface area contributed by atoms with Crippen molar-refractivity contribution in [3.05, 3.63) is 0 Å². The van der Waals surface area contributed by atoms with Crippen molar-refractivity contribution in [1.29, 1.82) is 0 Å². The maximum atomic E-state index is 14.1. The molecule has 0 heterocycles. The number of carbonyl (C=O) groups excluding carboxylic acids is 1. The smallest absolute Gasteiger partial charge is 0.255 e. The molecule has 1 unspecified atom stereocenters. The van der Waals surface area contributed by atoms with Crippen molar-refractivity contribution in [1.82, 2.24) is 0 Å². The first-order chi connectivity index (χ1) is 5.14. The monoisotopic (exact) mass is 175 g/mol. The SMILES string of the molecule is CC(C)C(F)(C(N)=O)C(C)(C)C. The molecule has 0 aliphatic rings. The summed E-state index contributed by atoms with van der Waals surface area (Å²) in [5.41, 5.74) is 2.38. The zero-order valence-corrected chi connectivity index (χ0v) is 8.44. The van der Waals surface area contributed by atoms with Crippen LogP contribution in [0.5, 0.6) is 0 Å². The van der Waals surface area contributed by atoms with Gasteiger partial charge in [-0.25, -0.2) is 4.39 Å². The molecule has 1 atom stereocenters. The van der Waals surface area contributed by atoms with E-state index in [1.807, 2.05) is 0 Å². The summed E-state index contributed by atoms with van der Waals surface area (Å²) in [6.07, 6.45) is 0. The maximum Gasteiger partial charge on any atom is 0.255 e. The molecule has 0 aliphatic heterocycles. The second kappa shape index (κ2) is 3.04. The summed E-state index contributed by atoms with van der Waals surface area (Å²) in [6, 6.07) is 0. The Labute approximate surface area is 73.3 Å². The predicted molar refractivity (Wildman–Crippen MR) is 47.3 cm³/mol. The Morgan fingerprint density at radius 1 is 1.33 bits per heavy atom. The van der Waals surface area contributed by atoms with E-state index in [2.05, 4.69) is 0 Å². The van der Waals surface area contributed by atoms with Gasteiger partial charge in [0.15, 0.2) is 5.67 Å². The first kappa shape index (κ1) is 11.4. The van der Waals surface area contributed by atoms with E-state index in [1.165, 1.54) is 0 Å². The molecule has 0 rings (SSSR count). The van der Waals surface area contributed by atoms with Crippen molar-refractivity contribution in [3.63, 3.8) is 0 Å². The number of primary amides is 1. The molecular formula is C9H18FNO. The van der Waals surface area contributed by atoms with Gasteiger partial charge in [0.2, 0.25) is 0 Å². The van der Waals surface area contributed by atoms with Crippen molar-refractivity contribution >= 4 is 5.91 Å². The summed E-state index contributed by atoms with van der Waals surface area (Å²) >= 11 is 0. The third-order valence-corrected chi connectivity index (χ3v) is 2.25. The highest BCUT2D eigenvalue weighted by atomic mass is 19.1. The summed E-state index contributed by atoms with van der Waals surface area (Å²) in [5.74, 6) is -1.26. The van der Waals surface area contributed by atoms with Crippen LogP contribution in [-0.4, -0.2) is 11.6 Å². The number of rotatable bonds is 2. The van der Waals surface area contributed by atoms with Crippen LogP contribution in [0.3, 0.4) is 0 Å². The Kier molecular flexibility index (Phi) is 2.88. The van der Waals surface area contributed by atoms with E-state index >= 15 is 0 Å². The molecule has 3 heteroatoms. The second-order valence-electron chi connectivity index (χ2n) is 4.48. The van der Waals surface area contributed by atoms with E-state index < -0.39 is 22.9 Å². The fraction of sp³-hybridized carbons (Fsp3) is 0.889. The number of hydrogen-bond donors (Lipinski definition) is 1. The molecule has 0 saturated carbocycles. The minimum absolute atomic E-state index is 0.394. The molecule has 2 N–H and O–H groups in total. The summed E-state index contributed by atoms with van der Waals surface area (Å²) in [7, 11) is 0. The van der Waals surface area contributed by atoms with Gasteiger partial charge in [0.1, 0.15) is 0 Å². The zero-order valence-electron chi connectivity index (χ0n) is 8.44. The van der Waals surface area contributed by atoms with Gasteiger partial charge in [-0.15, -0.1) is 0 Å². The van der Waals surface area contributed by atoms with E-state index in [9.17, 15) is 9.18 Å². The van der Waals surface area contributed by atoms with Gasteiger partial charge in [-0.05, 0) is 5.92 Å². The standard InChI is InChI=1S/C9H18FNO/c1-6(2)9(10,7(11)12)8(3,4)5/h6H,1-5H3,(H2,11,12). The van der Waals surface area contributed by atoms with Gasteiger partial charge >= 0.3 is 0 Å². The fourth-order valence-electron chi connectivity index (χ4n) is 1.52. The first-order valence-corrected chi connectivity index (χ1v) is 4.13. The van der Waals surface area contributed by atoms with Crippen LogP contribution in [0, 0.1) is 11.3 Å². The third kappa shape index (κ3) is 1.59. The highest BCUT2D eigenvalue weighted by Gasteiger charge is 2.50. The maximum absolute atomic E-state index is 14.1. The highest BCUT2D eigenvalue weighted by Crippen LogP contribution is 2.39. The molecule has 0 aromatic heterocycles. The molecule has 0 saturated heterocycles. The van der Waals surface area contributed by atoms with Crippen molar-refractivity contribution < 1.29 is 9.18 Å². The Hall–Kier alpha value is -0.600. The Bertz CT molecular complexity index is 183. The molecule has 0 fully saturated rings. The molecule has 72 valence electrons. The molecule has 0 spiro atoms. The molecular weight excluding hydrogens is 157 g/mol. The van der Waals surface area contributed by atoms with Crippen LogP contribution in [-0.2, 0) is 4.79 Å². The molecule has 0 aromatic rings. The summed E-state index contributed by atoms with van der Waals surface area (Å²) in [4.78, 5) is 11.0. The summed E-state index contributed by atoms with van der Waals surface area (Å²) in [5, 5.41) is 0. The van der Waals surface area contributed by atoms with Crippen molar-refractivity contribution in [3.8, 4) is 0 Å². The van der Waals surface area contributed by atoms with Crippen LogP contribution in [0.2, 0.25) is 0 Å². The minimum Gasteiger partial charge on any atom is -0.367 e. The topological polar surface area (TPSA) is 43.1 Å². The lowest BCUT2D eigenvalue weighted by molar-refractivity contribution is -0.141. The van der Waals surface area contributed by atoms with Crippen molar-refractivity contribution in [2.75, 3.05) is 0 Å². The molecule has 2 nitrogen and oxygen atoms in total. The number of alkyl halides is 1. The van der Waals surface area contributed by atoms with Gasteiger partial charge < -0.3 is 5.73 Å². The number of nitrogens with two attached hydrogens (primary N) is 1. The van der Waals surface area contributed by atoms with Crippen LogP contribution < -0.4 is 5.73 Å². The number of hydrogen-bond acceptors (Lipinski definition) is 1. The van der Waals surface area contributed by atoms with Gasteiger partial charge in [0, 0.05) is 5.41 Å². The van der Waals surface area contributed by atoms with E-state index in [0.29, 0.717) is 0 Å². The van der Waals surface area contributed by atoms with Gasteiger partial charge in [0.05, 0.1) is 0 Å². The third-order valence-electron chi connectivity index (χ3n) is 2.25. The van der Waals surface area contributed by atoms with Crippen LogP contribution in [0.25, 0.3) is 0 Å². The normalized spacial score (nSPS) is 17.6. The van der Waals surface area contributed by atoms with E-state index in [1.54, 1.807) is 34.6 Å². The number of halogens is 1. The van der Waals surface area contributed by atoms with Crippen LogP contribution >= 0.6 is 0 Å². The van der Waals surface area contributed by atoms with Gasteiger partial charge in [-0.2, -0.15) is 0 Å². The predicted octanol–water partition coefficient (Wildman–Crippen LogP) is 1.88. The molecule has 0 aromatic carbocycles. The summed E-state index contributed by atoms with van der Waals surface area (Å²) < 4.78 is 14.1. The van der Waals surface area contributed by atoms with Gasteiger partial charge in [0.25, 0.3) is 5.91 Å². The highest BCUT2D eigenvalue weighted by molar-refractivity contribution is 5.84. The zero-order chi connectivity index (χ0) is 10.2. The minimum atomic E-state index is -1.92. The first-order valence-electron chi connectivity index (χ1n) is 4.13. The average Bonchev–Trinajstić information content (AvgIpc) is 1.82. The molecule has 0 bridgehead atoms. The molecule has 0 aliphatic carbocycles. The van der Waals surface area contributed by atoms with E-state index in [-0.39, 0.29) is 0 Å².